The molecule has 28 heavy (non-hydrogen) atoms. The van der Waals surface area contributed by atoms with Crippen LogP contribution in [-0.2, 0) is 42.3 Å². The molecule has 3 nitrogen and oxygen atoms in total. The Morgan fingerprint density at radius 1 is 1.18 bits per heavy atom. The van der Waals surface area contributed by atoms with Crippen molar-refractivity contribution in [3.05, 3.63) is 6.42 Å². The largest absolute Gasteiger partial charge is 0.542 e. The van der Waals surface area contributed by atoms with Gasteiger partial charge in [-0.25, -0.2) is 4.39 Å². The number of halogens is 1. The Bertz CT molecular complexity index is 584. The van der Waals surface area contributed by atoms with Crippen LogP contribution in [0.1, 0.15) is 72.6 Å². The van der Waals surface area contributed by atoms with Gasteiger partial charge in [-0.3, -0.25) is 11.1 Å². The van der Waals surface area contributed by atoms with E-state index < -0.39 is 12.3 Å². The number of carbonyl (C=O) groups is 1. The van der Waals surface area contributed by atoms with Gasteiger partial charge in [0.1, 0.15) is 12.0 Å². The van der Waals surface area contributed by atoms with E-state index in [2.05, 4.69) is 27.2 Å². The van der Waals surface area contributed by atoms with Crippen LogP contribution >= 0.6 is 0 Å². The predicted octanol–water partition coefficient (Wildman–Crippen LogP) is 4.47. The maximum Gasteiger partial charge on any atom is 0.136 e. The summed E-state index contributed by atoms with van der Waals surface area (Å²) < 4.78 is 14.4. The molecule has 0 spiro atoms. The number of Topliss-reactive ketones (excluding diaryl/α,β-unsaturated/α-hetero) is 1. The number of ketones is 1. The zero-order valence-electron chi connectivity index (χ0n) is 17.8. The smallest absolute Gasteiger partial charge is 0.136 e. The maximum absolute atomic E-state index is 14.4. The molecule has 0 amide bonds. The van der Waals surface area contributed by atoms with E-state index in [1.807, 2.05) is 0 Å². The van der Waals surface area contributed by atoms with E-state index in [1.165, 1.54) is 26.1 Å². The topological polar surface area (TPSA) is 54.4 Å². The van der Waals surface area contributed by atoms with Gasteiger partial charge in [-0.15, -0.1) is 0 Å². The monoisotopic (exact) mass is 467 g/mol. The van der Waals surface area contributed by atoms with Crippen molar-refractivity contribution in [2.45, 2.75) is 84.9 Å². The molecule has 5 heteroatoms. The average molecular weight is 467 g/mol. The molecule has 4 saturated carbocycles. The minimum atomic E-state index is -1.12. The standard InChI is InChI=1S/C21H32FO2.C2H3O.Y/c1-4-12-5-6-14-19-15(7-8-20(12,14)2)21(3)11-16(22)17(23)9-13(21)10-18(19)24;1-2-3;/h4,12-17,19,23H,5-11H2,1-3H3;1H3;/q2*-1;/t12-,13-,14?,15?,16+,17-,19?,20+,21-;;/m0../s1. The van der Waals surface area contributed by atoms with Crippen molar-refractivity contribution < 1.29 is 51.8 Å². The number of hydrogen-bond donors (Lipinski definition) is 1. The number of alkyl halides is 1. The van der Waals surface area contributed by atoms with Crippen molar-refractivity contribution in [1.29, 1.82) is 0 Å². The summed E-state index contributed by atoms with van der Waals surface area (Å²) >= 11 is 0. The Kier molecular flexibility index (Phi) is 8.10. The summed E-state index contributed by atoms with van der Waals surface area (Å²) in [5.41, 5.74) is 0.157. The first-order valence-corrected chi connectivity index (χ1v) is 10.7. The van der Waals surface area contributed by atoms with Crippen molar-refractivity contribution in [3.63, 3.8) is 0 Å². The molecule has 0 heterocycles. The van der Waals surface area contributed by atoms with Crippen LogP contribution in [0.25, 0.3) is 0 Å². The molecule has 0 bridgehead atoms. The summed E-state index contributed by atoms with van der Waals surface area (Å²) in [5.74, 6) is 2.16. The van der Waals surface area contributed by atoms with Gasteiger partial charge in [0, 0.05) is 45.0 Å². The third kappa shape index (κ3) is 3.84. The number of hydrogen-bond acceptors (Lipinski definition) is 3. The molecule has 0 saturated heterocycles. The van der Waals surface area contributed by atoms with Crippen LogP contribution in [0.15, 0.2) is 0 Å². The summed E-state index contributed by atoms with van der Waals surface area (Å²) in [7, 11) is 0. The van der Waals surface area contributed by atoms with Crippen molar-refractivity contribution in [1.82, 2.24) is 0 Å². The zero-order chi connectivity index (χ0) is 20.0. The summed E-state index contributed by atoms with van der Waals surface area (Å²) in [6.45, 7) is 8.11. The molecule has 157 valence electrons. The van der Waals surface area contributed by atoms with Gasteiger partial charge in [0.15, 0.2) is 0 Å². The molecule has 4 aliphatic rings. The number of rotatable bonds is 1. The second-order valence-electron chi connectivity index (χ2n) is 9.90. The number of fused-ring (bicyclic) bond motifs is 5. The fourth-order valence-corrected chi connectivity index (χ4v) is 7.50. The van der Waals surface area contributed by atoms with E-state index >= 15 is 0 Å². The van der Waals surface area contributed by atoms with Crippen LogP contribution in [0.3, 0.4) is 0 Å². The quantitative estimate of drug-likeness (QED) is 0.579. The number of aliphatic hydroxyl groups is 1. The van der Waals surface area contributed by atoms with Gasteiger partial charge in [0.25, 0.3) is 0 Å². The van der Waals surface area contributed by atoms with Crippen molar-refractivity contribution in [2.75, 3.05) is 0 Å². The number of aliphatic hydroxyl groups excluding tert-OH is 1. The van der Waals surface area contributed by atoms with Crippen LogP contribution in [0.4, 0.5) is 4.39 Å². The van der Waals surface area contributed by atoms with Gasteiger partial charge in [-0.2, -0.15) is 19.8 Å². The van der Waals surface area contributed by atoms with E-state index in [0.29, 0.717) is 42.8 Å². The number of carbonyl (C=O) groups excluding carboxylic acids is 2. The van der Waals surface area contributed by atoms with E-state index in [4.69, 9.17) is 4.79 Å². The molecule has 3 unspecified atom stereocenters. The van der Waals surface area contributed by atoms with E-state index in [0.717, 1.165) is 12.8 Å². The average Bonchev–Trinajstić information content (AvgIpc) is 2.95. The third-order valence-corrected chi connectivity index (χ3v) is 8.92. The van der Waals surface area contributed by atoms with E-state index in [9.17, 15) is 14.3 Å². The minimum Gasteiger partial charge on any atom is -0.542 e. The molecule has 0 aromatic carbocycles. The molecule has 4 fully saturated rings. The SMILES string of the molecule is C[C-]=O.C[CH-][C@H]1CCC2C3C(=O)C[C@@H]4C[C@H](O)[C@H](F)C[C@]4(C)C3CC[C@@]21C.[Y]. The second-order valence-corrected chi connectivity index (χ2v) is 9.90. The van der Waals surface area contributed by atoms with Gasteiger partial charge >= 0.3 is 0 Å². The maximum atomic E-state index is 14.4. The first-order chi connectivity index (χ1) is 12.7. The van der Waals surface area contributed by atoms with E-state index in [1.54, 1.807) is 0 Å². The Morgan fingerprint density at radius 2 is 1.79 bits per heavy atom. The van der Waals surface area contributed by atoms with Gasteiger partial charge in [0.2, 0.25) is 0 Å². The summed E-state index contributed by atoms with van der Waals surface area (Å²) in [6, 6.07) is 0. The summed E-state index contributed by atoms with van der Waals surface area (Å²) in [6.07, 6.45) is 7.94. The van der Waals surface area contributed by atoms with Crippen LogP contribution < -0.4 is 0 Å². The van der Waals surface area contributed by atoms with Crippen molar-refractivity contribution >= 4 is 12.1 Å². The van der Waals surface area contributed by atoms with Crippen LogP contribution in [0.5, 0.6) is 0 Å². The zero-order valence-corrected chi connectivity index (χ0v) is 20.6. The Hall–Kier alpha value is 0.334. The third-order valence-electron chi connectivity index (χ3n) is 8.92. The molecule has 4 aliphatic carbocycles. The van der Waals surface area contributed by atoms with Gasteiger partial charge in [0.05, 0.1) is 6.10 Å². The Labute approximate surface area is 194 Å². The molecule has 4 rings (SSSR count). The van der Waals surface area contributed by atoms with Crippen molar-refractivity contribution in [2.24, 2.45) is 40.4 Å². The molecule has 9 atom stereocenters. The van der Waals surface area contributed by atoms with Crippen LogP contribution in [0, 0.1) is 46.8 Å². The van der Waals surface area contributed by atoms with Crippen LogP contribution in [-0.4, -0.2) is 29.5 Å². The molecular weight excluding hydrogens is 432 g/mol. The molecule has 0 aromatic rings. The molecule has 1 N–H and O–H groups in total. The molecular formula is C23H35FO3Y-2. The molecule has 0 aliphatic heterocycles. The van der Waals surface area contributed by atoms with E-state index in [-0.39, 0.29) is 55.4 Å². The first kappa shape index (κ1) is 24.6. The Morgan fingerprint density at radius 3 is 2.39 bits per heavy atom. The predicted molar refractivity (Wildman–Crippen MR) is 103 cm³/mol. The summed E-state index contributed by atoms with van der Waals surface area (Å²) in [5, 5.41) is 9.98. The molecule has 0 aromatic heterocycles. The minimum absolute atomic E-state index is 0. The second kappa shape index (κ2) is 9.22. The first-order valence-electron chi connectivity index (χ1n) is 10.7. The molecule has 1 radical (unpaired) electrons. The Balaban J connectivity index is 0.000000660. The van der Waals surface area contributed by atoms with Crippen LogP contribution in [0.2, 0.25) is 0 Å². The van der Waals surface area contributed by atoms with Gasteiger partial charge < -0.3 is 16.3 Å². The fraction of sp³-hybridized carbons (Fsp3) is 0.870. The van der Waals surface area contributed by atoms with Crippen molar-refractivity contribution in [3.8, 4) is 0 Å². The summed E-state index contributed by atoms with van der Waals surface area (Å²) in [4.78, 5) is 21.8. The normalized spacial score (nSPS) is 49.5. The van der Waals surface area contributed by atoms with Gasteiger partial charge in [-0.1, -0.05) is 32.1 Å². The van der Waals surface area contributed by atoms with Gasteiger partial charge in [-0.05, 0) is 48.9 Å². The fourth-order valence-electron chi connectivity index (χ4n) is 7.50.